The molecule has 4 heteroatoms. The third-order valence-electron chi connectivity index (χ3n) is 2.80. The predicted molar refractivity (Wildman–Crippen MR) is 77.8 cm³/mol. The van der Waals surface area contributed by atoms with Crippen LogP contribution in [0.15, 0.2) is 52.3 Å². The van der Waals surface area contributed by atoms with Crippen molar-refractivity contribution in [2.24, 2.45) is 0 Å². The van der Waals surface area contributed by atoms with E-state index < -0.39 is 5.97 Å². The molecule has 3 nitrogen and oxygen atoms in total. The lowest BCUT2D eigenvalue weighted by Crippen LogP contribution is -1.98. The number of anilines is 1. The number of nitrogen functional groups attached to an aromatic ring is 1. The summed E-state index contributed by atoms with van der Waals surface area (Å²) in [7, 11) is 0. The Morgan fingerprint density at radius 1 is 1.21 bits per heavy atom. The van der Waals surface area contributed by atoms with Crippen molar-refractivity contribution in [3.8, 4) is 0 Å². The zero-order valence-corrected chi connectivity index (χ0v) is 11.4. The highest BCUT2D eigenvalue weighted by atomic mass is 32.2. The van der Waals surface area contributed by atoms with Crippen LogP contribution in [-0.2, 0) is 6.42 Å². The van der Waals surface area contributed by atoms with Crippen molar-refractivity contribution in [2.75, 3.05) is 5.73 Å². The fourth-order valence-electron chi connectivity index (χ4n) is 1.75. The first-order valence-electron chi connectivity index (χ1n) is 5.99. The lowest BCUT2D eigenvalue weighted by atomic mass is 10.1. The van der Waals surface area contributed by atoms with Crippen molar-refractivity contribution >= 4 is 23.4 Å². The summed E-state index contributed by atoms with van der Waals surface area (Å²) < 4.78 is 0. The van der Waals surface area contributed by atoms with Gasteiger partial charge in [0, 0.05) is 15.5 Å². The van der Waals surface area contributed by atoms with Gasteiger partial charge < -0.3 is 10.8 Å². The molecule has 19 heavy (non-hydrogen) atoms. The smallest absolute Gasteiger partial charge is 0.335 e. The van der Waals surface area contributed by atoms with Crippen LogP contribution in [0.4, 0.5) is 5.69 Å². The van der Waals surface area contributed by atoms with Crippen molar-refractivity contribution < 1.29 is 9.90 Å². The number of carboxylic acid groups (broad SMARTS) is 1. The summed E-state index contributed by atoms with van der Waals surface area (Å²) in [5, 5.41) is 9.00. The van der Waals surface area contributed by atoms with E-state index in [1.165, 1.54) is 0 Å². The van der Waals surface area contributed by atoms with Gasteiger partial charge in [0.15, 0.2) is 0 Å². The van der Waals surface area contributed by atoms with Gasteiger partial charge in [-0.25, -0.2) is 4.79 Å². The molecule has 0 fully saturated rings. The van der Waals surface area contributed by atoms with Gasteiger partial charge in [-0.15, -0.1) is 0 Å². The van der Waals surface area contributed by atoms with Crippen LogP contribution >= 0.6 is 11.8 Å². The van der Waals surface area contributed by atoms with E-state index in [9.17, 15) is 4.79 Å². The number of benzene rings is 2. The maximum atomic E-state index is 11.0. The van der Waals surface area contributed by atoms with E-state index in [4.69, 9.17) is 10.8 Å². The van der Waals surface area contributed by atoms with Gasteiger partial charge in [0.05, 0.1) is 5.56 Å². The Labute approximate surface area is 116 Å². The van der Waals surface area contributed by atoms with Gasteiger partial charge in [-0.1, -0.05) is 18.7 Å². The molecule has 0 radical (unpaired) electrons. The Morgan fingerprint density at radius 3 is 2.47 bits per heavy atom. The Hall–Kier alpha value is -1.94. The van der Waals surface area contributed by atoms with Gasteiger partial charge in [-0.2, -0.15) is 0 Å². The van der Waals surface area contributed by atoms with E-state index in [0.717, 1.165) is 27.5 Å². The average Bonchev–Trinajstić information content (AvgIpc) is 2.41. The molecule has 0 saturated carbocycles. The number of aryl methyl sites for hydroxylation is 1. The monoisotopic (exact) mass is 273 g/mol. The summed E-state index contributed by atoms with van der Waals surface area (Å²) in [6, 6.07) is 12.9. The van der Waals surface area contributed by atoms with Gasteiger partial charge >= 0.3 is 5.97 Å². The molecule has 0 unspecified atom stereocenters. The first-order valence-corrected chi connectivity index (χ1v) is 6.81. The van der Waals surface area contributed by atoms with Crippen molar-refractivity contribution in [3.05, 3.63) is 53.6 Å². The van der Waals surface area contributed by atoms with Crippen LogP contribution in [0, 0.1) is 0 Å². The molecular formula is C15H15NO2S. The maximum absolute atomic E-state index is 11.0. The van der Waals surface area contributed by atoms with Crippen LogP contribution in [0.25, 0.3) is 0 Å². The molecule has 0 atom stereocenters. The number of hydrogen-bond acceptors (Lipinski definition) is 3. The normalized spacial score (nSPS) is 10.4. The molecule has 3 N–H and O–H groups in total. The fraction of sp³-hybridized carbons (Fsp3) is 0.133. The zero-order valence-electron chi connectivity index (χ0n) is 10.6. The summed E-state index contributed by atoms with van der Waals surface area (Å²) in [4.78, 5) is 13.1. The van der Waals surface area contributed by atoms with Gasteiger partial charge in [0.2, 0.25) is 0 Å². The minimum Gasteiger partial charge on any atom is -0.478 e. The summed E-state index contributed by atoms with van der Waals surface area (Å²) in [5.41, 5.74) is 7.77. The second-order valence-electron chi connectivity index (χ2n) is 4.15. The van der Waals surface area contributed by atoms with E-state index in [0.29, 0.717) is 5.56 Å². The van der Waals surface area contributed by atoms with Crippen molar-refractivity contribution in [1.82, 2.24) is 0 Å². The molecule has 0 aliphatic rings. The van der Waals surface area contributed by atoms with Gasteiger partial charge in [-0.05, 0) is 54.4 Å². The van der Waals surface area contributed by atoms with E-state index in [-0.39, 0.29) is 0 Å². The molecule has 2 aromatic carbocycles. The molecule has 0 aromatic heterocycles. The average molecular weight is 273 g/mol. The molecule has 0 heterocycles. The zero-order chi connectivity index (χ0) is 13.8. The highest BCUT2D eigenvalue weighted by Crippen LogP contribution is 2.31. The third-order valence-corrected chi connectivity index (χ3v) is 3.92. The summed E-state index contributed by atoms with van der Waals surface area (Å²) in [6.45, 7) is 2.02. The summed E-state index contributed by atoms with van der Waals surface area (Å²) in [6.07, 6.45) is 0.804. The Balaban J connectivity index is 2.29. The molecule has 0 aliphatic carbocycles. The van der Waals surface area contributed by atoms with Crippen LogP contribution in [0.1, 0.15) is 22.8 Å². The van der Waals surface area contributed by atoms with Gasteiger partial charge in [0.25, 0.3) is 0 Å². The fourth-order valence-corrected chi connectivity index (χ4v) is 2.75. The number of aromatic carboxylic acids is 1. The molecule has 2 aromatic rings. The van der Waals surface area contributed by atoms with Crippen LogP contribution in [-0.4, -0.2) is 11.1 Å². The standard InChI is InChI=1S/C15H15NO2S/c1-2-10-9-11(15(17)18)3-8-14(10)19-13-6-4-12(16)5-7-13/h3-9H,2,16H2,1H3,(H,17,18). The topological polar surface area (TPSA) is 63.3 Å². The van der Waals surface area contributed by atoms with E-state index in [1.807, 2.05) is 37.3 Å². The third kappa shape index (κ3) is 3.29. The van der Waals surface area contributed by atoms with E-state index >= 15 is 0 Å². The minimum atomic E-state index is -0.890. The highest BCUT2D eigenvalue weighted by molar-refractivity contribution is 7.99. The number of carboxylic acids is 1. The number of hydrogen-bond donors (Lipinski definition) is 2. The van der Waals surface area contributed by atoms with E-state index in [1.54, 1.807) is 23.9 Å². The molecule has 98 valence electrons. The van der Waals surface area contributed by atoms with Crippen LogP contribution in [0.3, 0.4) is 0 Å². The Bertz CT molecular complexity index is 594. The van der Waals surface area contributed by atoms with Gasteiger partial charge in [0.1, 0.15) is 0 Å². The van der Waals surface area contributed by atoms with Crippen LogP contribution in [0.2, 0.25) is 0 Å². The quantitative estimate of drug-likeness (QED) is 0.834. The highest BCUT2D eigenvalue weighted by Gasteiger charge is 2.08. The molecule has 0 aliphatic heterocycles. The van der Waals surface area contributed by atoms with Crippen molar-refractivity contribution in [1.29, 1.82) is 0 Å². The molecular weight excluding hydrogens is 258 g/mol. The first-order chi connectivity index (χ1) is 9.10. The maximum Gasteiger partial charge on any atom is 0.335 e. The van der Waals surface area contributed by atoms with E-state index in [2.05, 4.69) is 0 Å². The molecule has 0 spiro atoms. The lowest BCUT2D eigenvalue weighted by molar-refractivity contribution is 0.0696. The SMILES string of the molecule is CCc1cc(C(=O)O)ccc1Sc1ccc(N)cc1. The molecule has 0 bridgehead atoms. The molecule has 2 rings (SSSR count). The second kappa shape index (κ2) is 5.80. The van der Waals surface area contributed by atoms with Crippen LogP contribution < -0.4 is 5.73 Å². The first kappa shape index (κ1) is 13.5. The Morgan fingerprint density at radius 2 is 1.89 bits per heavy atom. The van der Waals surface area contributed by atoms with Crippen molar-refractivity contribution in [2.45, 2.75) is 23.1 Å². The summed E-state index contributed by atoms with van der Waals surface area (Å²) in [5.74, 6) is -0.890. The summed E-state index contributed by atoms with van der Waals surface area (Å²) >= 11 is 1.62. The largest absolute Gasteiger partial charge is 0.478 e. The number of rotatable bonds is 4. The number of nitrogens with two attached hydrogens (primary N) is 1. The minimum absolute atomic E-state index is 0.332. The van der Waals surface area contributed by atoms with Crippen molar-refractivity contribution in [3.63, 3.8) is 0 Å². The lowest BCUT2D eigenvalue weighted by Gasteiger charge is -2.09. The predicted octanol–water partition coefficient (Wildman–Crippen LogP) is 3.68. The van der Waals surface area contributed by atoms with Crippen LogP contribution in [0.5, 0.6) is 0 Å². The molecule has 0 amide bonds. The molecule has 0 saturated heterocycles. The second-order valence-corrected chi connectivity index (χ2v) is 5.27. The van der Waals surface area contributed by atoms with Gasteiger partial charge in [-0.3, -0.25) is 0 Å². The number of carbonyl (C=O) groups is 1. The Kier molecular flexibility index (Phi) is 4.12.